The van der Waals surface area contributed by atoms with E-state index in [1.165, 1.54) is 0 Å². The van der Waals surface area contributed by atoms with E-state index in [2.05, 4.69) is 0 Å². The molecule has 0 aromatic rings. The molecule has 0 atom stereocenters. The van der Waals surface area contributed by atoms with Crippen molar-refractivity contribution in [2.75, 3.05) is 39.5 Å². The van der Waals surface area contributed by atoms with E-state index in [0.29, 0.717) is 26.4 Å². The van der Waals surface area contributed by atoms with Crippen LogP contribution in [0.5, 0.6) is 0 Å². The Morgan fingerprint density at radius 1 is 0.773 bits per heavy atom. The van der Waals surface area contributed by atoms with Crippen molar-refractivity contribution in [1.82, 2.24) is 3.71 Å². The summed E-state index contributed by atoms with van der Waals surface area (Å²) >= 11 is 0. The third kappa shape index (κ3) is 11.3. The van der Waals surface area contributed by atoms with Gasteiger partial charge in [0.1, 0.15) is 0 Å². The number of ether oxygens (including phenoxy) is 2. The minimum Gasteiger partial charge on any atom is -0.381 e. The summed E-state index contributed by atoms with van der Waals surface area (Å²) in [5.41, 5.74) is 5.30. The van der Waals surface area contributed by atoms with Crippen LogP contribution in [-0.4, -0.2) is 69.2 Å². The summed E-state index contributed by atoms with van der Waals surface area (Å²) < 4.78 is 70.5. The molecule has 4 N–H and O–H groups in total. The lowest BCUT2D eigenvalue weighted by atomic mass is 10.3. The fraction of sp³-hybridized carbons (Fsp3) is 1.00. The van der Waals surface area contributed by atoms with Crippen molar-refractivity contribution in [2.45, 2.75) is 25.7 Å². The maximum atomic E-state index is 10.8. The lowest BCUT2D eigenvalue weighted by Crippen LogP contribution is -2.37. The van der Waals surface area contributed by atoms with Gasteiger partial charge in [0.15, 0.2) is 0 Å². The second kappa shape index (κ2) is 11.2. The topological polar surface area (TPSA) is 156 Å². The summed E-state index contributed by atoms with van der Waals surface area (Å²) in [6, 6.07) is 0. The molecular weight excluding hydrogens is 340 g/mol. The lowest BCUT2D eigenvalue weighted by Gasteiger charge is -2.14. The standard InChI is InChI=1S/C10H24N2O8S2/c11-5-3-9-19-7-1-2-8-20-10-4-6-12(21(13,14)15)22(16,17)18/h1-11H2,(H,13,14,15)(H,16,17,18). The molecule has 22 heavy (non-hydrogen) atoms. The van der Waals surface area contributed by atoms with Gasteiger partial charge in [0.05, 0.1) is 0 Å². The van der Waals surface area contributed by atoms with Crippen molar-refractivity contribution in [3.8, 4) is 0 Å². The molecule has 0 fully saturated rings. The molecule has 0 aromatic carbocycles. The molecule has 0 aliphatic heterocycles. The summed E-state index contributed by atoms with van der Waals surface area (Å²) in [6.07, 6.45) is 2.36. The number of hydrogen-bond acceptors (Lipinski definition) is 7. The first kappa shape index (κ1) is 21.7. The molecule has 0 aromatic heterocycles. The Morgan fingerprint density at radius 2 is 1.18 bits per heavy atom. The first-order chi connectivity index (χ1) is 10.2. The molecule has 12 heteroatoms. The number of nitrogens with two attached hydrogens (primary N) is 1. The first-order valence-electron chi connectivity index (χ1n) is 6.78. The summed E-state index contributed by atoms with van der Waals surface area (Å²) in [5.74, 6) is 0. The van der Waals surface area contributed by atoms with Gasteiger partial charge in [-0.15, -0.1) is 0 Å². The number of unbranched alkanes of at least 4 members (excludes halogenated alkanes) is 1. The van der Waals surface area contributed by atoms with Crippen molar-refractivity contribution < 1.29 is 35.4 Å². The normalized spacial score (nSPS) is 12.9. The van der Waals surface area contributed by atoms with Gasteiger partial charge in [0, 0.05) is 33.0 Å². The summed E-state index contributed by atoms with van der Waals surface area (Å²) in [5, 5.41) is 0. The first-order valence-corrected chi connectivity index (χ1v) is 9.57. The quantitative estimate of drug-likeness (QED) is 0.271. The van der Waals surface area contributed by atoms with Crippen molar-refractivity contribution >= 4 is 20.6 Å². The molecule has 0 saturated heterocycles. The van der Waals surface area contributed by atoms with Crippen LogP contribution in [0.15, 0.2) is 0 Å². The maximum Gasteiger partial charge on any atom is 0.351 e. The Morgan fingerprint density at radius 3 is 1.59 bits per heavy atom. The predicted molar refractivity (Wildman–Crippen MR) is 79.0 cm³/mol. The van der Waals surface area contributed by atoms with Crippen LogP contribution in [0.2, 0.25) is 0 Å². The molecule has 0 aliphatic rings. The molecule has 0 amide bonds. The lowest BCUT2D eigenvalue weighted by molar-refractivity contribution is 0.101. The Bertz CT molecular complexity index is 447. The molecule has 0 radical (unpaired) electrons. The highest BCUT2D eigenvalue weighted by molar-refractivity contribution is 7.98. The molecule has 134 valence electrons. The summed E-state index contributed by atoms with van der Waals surface area (Å²) in [7, 11) is -10.0. The van der Waals surface area contributed by atoms with Crippen LogP contribution in [-0.2, 0) is 30.1 Å². The second-order valence-corrected chi connectivity index (χ2v) is 7.28. The Labute approximate surface area is 131 Å². The average molecular weight is 364 g/mol. The average Bonchev–Trinajstić information content (AvgIpc) is 2.37. The van der Waals surface area contributed by atoms with Crippen molar-refractivity contribution in [2.24, 2.45) is 5.73 Å². The van der Waals surface area contributed by atoms with E-state index >= 15 is 0 Å². The van der Waals surface area contributed by atoms with E-state index in [-0.39, 0.29) is 13.0 Å². The SMILES string of the molecule is NCCCOCCCCOCCCN(S(=O)(=O)O)S(=O)(=O)O. The zero-order valence-electron chi connectivity index (χ0n) is 12.3. The molecule has 0 heterocycles. The van der Waals surface area contributed by atoms with E-state index in [9.17, 15) is 16.8 Å². The minimum atomic E-state index is -5.02. The Kier molecular flexibility index (Phi) is 11.1. The maximum absolute atomic E-state index is 10.8. The van der Waals surface area contributed by atoms with E-state index < -0.39 is 30.9 Å². The van der Waals surface area contributed by atoms with Gasteiger partial charge >= 0.3 is 20.6 Å². The van der Waals surface area contributed by atoms with Crippen LogP contribution < -0.4 is 5.73 Å². The molecule has 0 spiro atoms. The van der Waals surface area contributed by atoms with Crippen LogP contribution in [0.4, 0.5) is 0 Å². The van der Waals surface area contributed by atoms with Gasteiger partial charge in [0.2, 0.25) is 0 Å². The van der Waals surface area contributed by atoms with Crippen LogP contribution in [0, 0.1) is 0 Å². The van der Waals surface area contributed by atoms with Crippen LogP contribution >= 0.6 is 0 Å². The van der Waals surface area contributed by atoms with Crippen LogP contribution in [0.25, 0.3) is 0 Å². The summed E-state index contributed by atoms with van der Waals surface area (Å²) in [4.78, 5) is 0. The molecule has 0 rings (SSSR count). The Hall–Kier alpha value is -0.340. The van der Waals surface area contributed by atoms with Gasteiger partial charge in [-0.2, -0.15) is 16.8 Å². The fourth-order valence-corrected chi connectivity index (χ4v) is 3.12. The largest absolute Gasteiger partial charge is 0.381 e. The van der Waals surface area contributed by atoms with Crippen molar-refractivity contribution in [1.29, 1.82) is 0 Å². The van der Waals surface area contributed by atoms with Crippen LogP contribution in [0.1, 0.15) is 25.7 Å². The number of hydrogen-bond donors (Lipinski definition) is 3. The third-order valence-corrected chi connectivity index (χ3v) is 4.99. The van der Waals surface area contributed by atoms with E-state index in [0.717, 1.165) is 19.3 Å². The third-order valence-electron chi connectivity index (χ3n) is 2.46. The van der Waals surface area contributed by atoms with Gasteiger partial charge in [-0.05, 0) is 35.9 Å². The molecule has 10 nitrogen and oxygen atoms in total. The van der Waals surface area contributed by atoms with E-state index in [1.807, 2.05) is 0 Å². The molecule has 0 bridgehead atoms. The van der Waals surface area contributed by atoms with Gasteiger partial charge in [-0.1, -0.05) is 0 Å². The predicted octanol–water partition coefficient (Wildman–Crippen LogP) is -0.554. The monoisotopic (exact) mass is 364 g/mol. The minimum absolute atomic E-state index is 0.00653. The smallest absolute Gasteiger partial charge is 0.351 e. The number of rotatable bonds is 14. The fourth-order valence-electron chi connectivity index (χ4n) is 1.44. The zero-order valence-corrected chi connectivity index (χ0v) is 13.9. The van der Waals surface area contributed by atoms with Crippen molar-refractivity contribution in [3.05, 3.63) is 0 Å². The van der Waals surface area contributed by atoms with Gasteiger partial charge < -0.3 is 15.2 Å². The van der Waals surface area contributed by atoms with Gasteiger partial charge in [-0.3, -0.25) is 9.11 Å². The van der Waals surface area contributed by atoms with Gasteiger partial charge in [-0.25, -0.2) is 0 Å². The zero-order chi connectivity index (χ0) is 17.1. The van der Waals surface area contributed by atoms with Crippen molar-refractivity contribution in [3.63, 3.8) is 0 Å². The Balaban J connectivity index is 3.68. The van der Waals surface area contributed by atoms with E-state index in [4.69, 9.17) is 24.3 Å². The molecule has 0 unspecified atom stereocenters. The number of nitrogens with zero attached hydrogens (tertiary/aromatic N) is 1. The van der Waals surface area contributed by atoms with E-state index in [1.54, 1.807) is 0 Å². The van der Waals surface area contributed by atoms with Gasteiger partial charge in [0.25, 0.3) is 0 Å². The molecule has 0 saturated carbocycles. The molecule has 0 aliphatic carbocycles. The highest BCUT2D eigenvalue weighted by Crippen LogP contribution is 2.05. The highest BCUT2D eigenvalue weighted by atomic mass is 32.3. The summed E-state index contributed by atoms with van der Waals surface area (Å²) in [6.45, 7) is 1.72. The van der Waals surface area contributed by atoms with Crippen LogP contribution in [0.3, 0.4) is 0 Å². The molecular formula is C10H24N2O8S2. The second-order valence-electron chi connectivity index (χ2n) is 4.38. The highest BCUT2D eigenvalue weighted by Gasteiger charge is 2.30.